The van der Waals surface area contributed by atoms with Gasteiger partial charge in [0.1, 0.15) is 0 Å². The van der Waals surface area contributed by atoms with Crippen molar-refractivity contribution < 1.29 is 28.0 Å². The minimum Gasteiger partial charge on any atom is -0.326 e. The summed E-state index contributed by atoms with van der Waals surface area (Å²) in [6, 6.07) is 0. The molecule has 86 valence electrons. The molecule has 0 aliphatic carbocycles. The second kappa shape index (κ2) is 6.34. The highest BCUT2D eigenvalue weighted by molar-refractivity contribution is 7.32. The van der Waals surface area contributed by atoms with Crippen molar-refractivity contribution in [3.05, 3.63) is 11.6 Å². The molecular formula is C4H8N2O6P2S. The van der Waals surface area contributed by atoms with Gasteiger partial charge in [-0.15, -0.1) is 11.3 Å². The Hall–Kier alpha value is -0.270. The topological polar surface area (TPSA) is 118 Å². The molecule has 1 aromatic rings. The number of rotatable bonds is 6. The number of anilines is 1. The highest BCUT2D eigenvalue weighted by atomic mass is 32.1. The maximum Gasteiger partial charge on any atom is 0.320 e. The molecule has 0 aliphatic rings. The van der Waals surface area contributed by atoms with E-state index in [0.717, 1.165) is 0 Å². The molecule has 0 aromatic carbocycles. The van der Waals surface area contributed by atoms with Crippen LogP contribution in [0.1, 0.15) is 0 Å². The first-order valence-corrected chi connectivity index (χ1v) is 6.94. The largest absolute Gasteiger partial charge is 0.326 e. The SMILES string of the molecule is O=[PH](O)OC(Nc1nccs1)O[PH](=O)O. The standard InChI is InChI=1S/C4H8N2O6P2S/c7-13(8)11-4(12-14(9)10)6-3-5-1-2-15-3/h1-2,4,13-14H,(H,5,6)(H,7,8)(H,9,10). The van der Waals surface area contributed by atoms with Crippen LogP contribution in [0.15, 0.2) is 11.6 Å². The number of hydrogen-bond donors (Lipinski definition) is 3. The van der Waals surface area contributed by atoms with Crippen LogP contribution in [0.3, 0.4) is 0 Å². The molecule has 1 heterocycles. The van der Waals surface area contributed by atoms with Crippen LogP contribution in [0, 0.1) is 0 Å². The van der Waals surface area contributed by atoms with Crippen LogP contribution >= 0.6 is 27.8 Å². The Balaban J connectivity index is 2.55. The summed E-state index contributed by atoms with van der Waals surface area (Å²) in [6.45, 7) is 0. The van der Waals surface area contributed by atoms with Crippen LogP contribution in [0.5, 0.6) is 0 Å². The molecule has 2 unspecified atom stereocenters. The van der Waals surface area contributed by atoms with Gasteiger partial charge in [-0.1, -0.05) is 0 Å². The molecule has 0 saturated carbocycles. The Bertz CT molecular complexity index is 329. The maximum absolute atomic E-state index is 10.4. The molecule has 0 radical (unpaired) electrons. The zero-order valence-corrected chi connectivity index (χ0v) is 9.93. The highest BCUT2D eigenvalue weighted by Gasteiger charge is 2.15. The summed E-state index contributed by atoms with van der Waals surface area (Å²) in [6.07, 6.45) is 0.0116. The number of thiazole rings is 1. The Morgan fingerprint density at radius 2 is 2.00 bits per heavy atom. The maximum atomic E-state index is 10.4. The number of aromatic nitrogens is 1. The fraction of sp³-hybridized carbons (Fsp3) is 0.250. The molecule has 0 saturated heterocycles. The van der Waals surface area contributed by atoms with Crippen molar-refractivity contribution in [1.82, 2.24) is 4.98 Å². The van der Waals surface area contributed by atoms with Gasteiger partial charge >= 0.3 is 16.5 Å². The van der Waals surface area contributed by atoms with Crippen molar-refractivity contribution in [1.29, 1.82) is 0 Å². The van der Waals surface area contributed by atoms with Gasteiger partial charge in [-0.05, 0) is 0 Å². The van der Waals surface area contributed by atoms with E-state index in [1.165, 1.54) is 17.5 Å². The first-order valence-electron chi connectivity index (χ1n) is 3.53. The fourth-order valence-corrected chi connectivity index (χ4v) is 1.87. The van der Waals surface area contributed by atoms with E-state index in [4.69, 9.17) is 9.79 Å². The minimum atomic E-state index is -3.28. The van der Waals surface area contributed by atoms with E-state index < -0.39 is 22.9 Å². The van der Waals surface area contributed by atoms with Gasteiger partial charge in [-0.2, -0.15) is 0 Å². The summed E-state index contributed by atoms with van der Waals surface area (Å²) in [7, 11) is -6.55. The molecule has 0 fully saturated rings. The quantitative estimate of drug-likeness (QED) is 0.510. The van der Waals surface area contributed by atoms with Crippen LogP contribution in [0.4, 0.5) is 5.13 Å². The third-order valence-electron chi connectivity index (χ3n) is 1.09. The molecule has 0 aliphatic heterocycles. The van der Waals surface area contributed by atoms with Crippen molar-refractivity contribution in [2.45, 2.75) is 6.41 Å². The molecule has 11 heteroatoms. The van der Waals surface area contributed by atoms with Crippen molar-refractivity contribution in [3.63, 3.8) is 0 Å². The van der Waals surface area contributed by atoms with Gasteiger partial charge in [0, 0.05) is 11.6 Å². The Labute approximate surface area is 89.8 Å². The summed E-state index contributed by atoms with van der Waals surface area (Å²) < 4.78 is 29.4. The second-order valence-electron chi connectivity index (χ2n) is 2.08. The van der Waals surface area contributed by atoms with Gasteiger partial charge < -0.3 is 15.1 Å². The Morgan fingerprint density at radius 1 is 1.40 bits per heavy atom. The zero-order valence-electron chi connectivity index (χ0n) is 7.11. The molecule has 0 spiro atoms. The van der Waals surface area contributed by atoms with Gasteiger partial charge in [-0.3, -0.25) is 18.2 Å². The Kier molecular flexibility index (Phi) is 5.41. The Morgan fingerprint density at radius 3 is 2.40 bits per heavy atom. The van der Waals surface area contributed by atoms with Crippen molar-refractivity contribution in [2.24, 2.45) is 0 Å². The van der Waals surface area contributed by atoms with E-state index in [2.05, 4.69) is 19.3 Å². The zero-order chi connectivity index (χ0) is 11.3. The summed E-state index contributed by atoms with van der Waals surface area (Å²) in [5.41, 5.74) is 0. The lowest BCUT2D eigenvalue weighted by Gasteiger charge is -2.14. The van der Waals surface area contributed by atoms with E-state index in [0.29, 0.717) is 5.13 Å². The molecule has 0 bridgehead atoms. The van der Waals surface area contributed by atoms with Crippen LogP contribution in [-0.4, -0.2) is 21.2 Å². The predicted molar refractivity (Wildman–Crippen MR) is 54.1 cm³/mol. The van der Waals surface area contributed by atoms with Gasteiger partial charge in [0.15, 0.2) is 5.13 Å². The smallest absolute Gasteiger partial charge is 0.320 e. The third kappa shape index (κ3) is 5.39. The molecule has 1 rings (SSSR count). The summed E-state index contributed by atoms with van der Waals surface area (Å²) in [5.74, 6) is 0. The lowest BCUT2D eigenvalue weighted by Crippen LogP contribution is -2.21. The van der Waals surface area contributed by atoms with Crippen LogP contribution in [-0.2, 0) is 18.2 Å². The molecule has 8 nitrogen and oxygen atoms in total. The fourth-order valence-electron chi connectivity index (χ4n) is 0.662. The van der Waals surface area contributed by atoms with Gasteiger partial charge in [0.2, 0.25) is 0 Å². The summed E-state index contributed by atoms with van der Waals surface area (Å²) >= 11 is 1.18. The van der Waals surface area contributed by atoms with Crippen LogP contribution in [0.25, 0.3) is 0 Å². The average molecular weight is 274 g/mol. The molecule has 15 heavy (non-hydrogen) atoms. The molecule has 3 N–H and O–H groups in total. The average Bonchev–Trinajstić information content (AvgIpc) is 2.53. The van der Waals surface area contributed by atoms with E-state index in [9.17, 15) is 9.13 Å². The van der Waals surface area contributed by atoms with Gasteiger partial charge in [-0.25, -0.2) is 4.98 Å². The van der Waals surface area contributed by atoms with E-state index >= 15 is 0 Å². The predicted octanol–water partition coefficient (Wildman–Crippen LogP) is 0.636. The van der Waals surface area contributed by atoms with Crippen LogP contribution < -0.4 is 5.32 Å². The second-order valence-corrected chi connectivity index (χ2v) is 4.51. The number of nitrogens with zero attached hydrogens (tertiary/aromatic N) is 1. The molecular weight excluding hydrogens is 266 g/mol. The van der Waals surface area contributed by atoms with Crippen LogP contribution in [0.2, 0.25) is 0 Å². The first kappa shape index (κ1) is 12.8. The first-order chi connectivity index (χ1) is 7.08. The molecule has 0 amide bonds. The lowest BCUT2D eigenvalue weighted by molar-refractivity contribution is 0.0262. The van der Waals surface area contributed by atoms with Crippen molar-refractivity contribution in [2.75, 3.05) is 5.32 Å². The number of hydrogen-bond acceptors (Lipinski definition) is 7. The van der Waals surface area contributed by atoms with E-state index in [-0.39, 0.29) is 0 Å². The highest BCUT2D eigenvalue weighted by Crippen LogP contribution is 2.27. The van der Waals surface area contributed by atoms with Gasteiger partial charge in [0.05, 0.1) is 0 Å². The summed E-state index contributed by atoms with van der Waals surface area (Å²) in [4.78, 5) is 20.7. The normalized spacial score (nSPS) is 16.9. The van der Waals surface area contributed by atoms with Gasteiger partial charge in [0.25, 0.3) is 6.41 Å². The van der Waals surface area contributed by atoms with Crippen molar-refractivity contribution in [3.8, 4) is 0 Å². The molecule has 2 atom stereocenters. The minimum absolute atomic E-state index is 0.339. The lowest BCUT2D eigenvalue weighted by atomic mass is 10.9. The third-order valence-corrected chi connectivity index (χ3v) is 2.63. The molecule has 1 aromatic heterocycles. The van der Waals surface area contributed by atoms with E-state index in [1.807, 2.05) is 0 Å². The number of nitrogens with one attached hydrogen (secondary N) is 1. The summed E-state index contributed by atoms with van der Waals surface area (Å²) in [5, 5.41) is 4.40. The van der Waals surface area contributed by atoms with E-state index in [1.54, 1.807) is 5.38 Å². The monoisotopic (exact) mass is 274 g/mol. The van der Waals surface area contributed by atoms with Crippen molar-refractivity contribution >= 4 is 33.0 Å².